The number of hydrogen-bond acceptors (Lipinski definition) is 3. The average Bonchev–Trinajstić information content (AvgIpc) is 2.73. The molecule has 0 radical (unpaired) electrons. The number of imidazole rings is 1. The number of rotatable bonds is 3. The Morgan fingerprint density at radius 3 is 2.88 bits per heavy atom. The number of hydrogen-bond donors (Lipinski definition) is 1. The molecule has 1 saturated carbocycles. The minimum Gasteiger partial charge on any atom is -0.482 e. The lowest BCUT2D eigenvalue weighted by Crippen LogP contribution is -2.43. The summed E-state index contributed by atoms with van der Waals surface area (Å²) in [6.07, 6.45) is 5.39. The Labute approximate surface area is 100 Å². The first-order valence-corrected chi connectivity index (χ1v) is 6.02. The molecule has 0 aromatic carbocycles. The van der Waals surface area contributed by atoms with Gasteiger partial charge >= 0.3 is 0 Å². The van der Waals surface area contributed by atoms with Crippen molar-refractivity contribution in [1.29, 1.82) is 0 Å². The Bertz CT molecular complexity index is 537. The molecule has 0 spiro atoms. The molecule has 0 bridgehead atoms. The molecule has 4 nitrogen and oxygen atoms in total. The van der Waals surface area contributed by atoms with Gasteiger partial charge in [0, 0.05) is 12.0 Å². The zero-order valence-corrected chi connectivity index (χ0v) is 10.0. The Morgan fingerprint density at radius 2 is 2.29 bits per heavy atom. The van der Waals surface area contributed by atoms with E-state index >= 15 is 0 Å². The summed E-state index contributed by atoms with van der Waals surface area (Å²) in [6, 6.07) is 5.98. The molecule has 1 fully saturated rings. The topological polar surface area (TPSA) is 52.5 Å². The van der Waals surface area contributed by atoms with Crippen molar-refractivity contribution in [2.24, 2.45) is 5.73 Å². The second-order valence-electron chi connectivity index (χ2n) is 4.75. The number of nitrogens with two attached hydrogens (primary N) is 1. The van der Waals surface area contributed by atoms with Crippen LogP contribution in [0.4, 0.5) is 0 Å². The molecule has 17 heavy (non-hydrogen) atoms. The maximum absolute atomic E-state index is 5.95. The summed E-state index contributed by atoms with van der Waals surface area (Å²) in [4.78, 5) is 4.57. The largest absolute Gasteiger partial charge is 0.482 e. The van der Waals surface area contributed by atoms with Gasteiger partial charge in [-0.2, -0.15) is 0 Å². The van der Waals surface area contributed by atoms with Crippen LogP contribution in [-0.4, -0.2) is 23.0 Å². The number of pyridine rings is 1. The van der Waals surface area contributed by atoms with E-state index in [9.17, 15) is 0 Å². The van der Waals surface area contributed by atoms with Crippen LogP contribution >= 0.6 is 0 Å². The van der Waals surface area contributed by atoms with Crippen molar-refractivity contribution in [2.75, 3.05) is 13.7 Å². The molecule has 3 rings (SSSR count). The second kappa shape index (κ2) is 3.74. The first-order valence-electron chi connectivity index (χ1n) is 6.02. The molecule has 90 valence electrons. The van der Waals surface area contributed by atoms with Gasteiger partial charge in [0.05, 0.1) is 18.8 Å². The van der Waals surface area contributed by atoms with Crippen molar-refractivity contribution in [2.45, 2.75) is 24.7 Å². The molecule has 2 aromatic heterocycles. The van der Waals surface area contributed by atoms with Crippen molar-refractivity contribution in [3.05, 3.63) is 30.2 Å². The molecular weight excluding hydrogens is 214 g/mol. The SMILES string of the molecule is COc1cccc2cnc(C3(CN)CCC3)n12. The number of aromatic nitrogens is 2. The maximum Gasteiger partial charge on any atom is 0.199 e. The standard InChI is InChI=1S/C13H17N3O/c1-17-11-5-2-4-10-8-15-12(16(10)11)13(9-14)6-3-7-13/h2,4-5,8H,3,6-7,9,14H2,1H3. The lowest BCUT2D eigenvalue weighted by molar-refractivity contribution is 0.234. The summed E-state index contributed by atoms with van der Waals surface area (Å²) in [6.45, 7) is 0.657. The van der Waals surface area contributed by atoms with E-state index in [2.05, 4.69) is 9.38 Å². The van der Waals surface area contributed by atoms with Crippen molar-refractivity contribution < 1.29 is 4.74 Å². The molecule has 2 heterocycles. The fraction of sp³-hybridized carbons (Fsp3) is 0.462. The van der Waals surface area contributed by atoms with Gasteiger partial charge in [0.2, 0.25) is 0 Å². The van der Waals surface area contributed by atoms with Crippen LogP contribution in [0.1, 0.15) is 25.1 Å². The molecule has 2 aromatic rings. The second-order valence-corrected chi connectivity index (χ2v) is 4.75. The number of nitrogens with zero attached hydrogens (tertiary/aromatic N) is 2. The third-order valence-corrected chi connectivity index (χ3v) is 3.90. The summed E-state index contributed by atoms with van der Waals surface area (Å²) in [5.74, 6) is 1.88. The molecule has 1 aliphatic carbocycles. The highest BCUT2D eigenvalue weighted by Gasteiger charge is 2.41. The zero-order chi connectivity index (χ0) is 11.9. The minimum atomic E-state index is 0.0566. The van der Waals surface area contributed by atoms with E-state index in [1.54, 1.807) is 7.11 Å². The molecule has 2 N–H and O–H groups in total. The summed E-state index contributed by atoms with van der Waals surface area (Å²) >= 11 is 0. The van der Waals surface area contributed by atoms with Crippen molar-refractivity contribution in [1.82, 2.24) is 9.38 Å². The lowest BCUT2D eigenvalue weighted by Gasteiger charge is -2.39. The molecule has 0 unspecified atom stereocenters. The van der Waals surface area contributed by atoms with Crippen LogP contribution in [-0.2, 0) is 5.41 Å². The lowest BCUT2D eigenvalue weighted by atomic mass is 9.68. The number of methoxy groups -OCH3 is 1. The van der Waals surface area contributed by atoms with Gasteiger partial charge < -0.3 is 10.5 Å². The number of fused-ring (bicyclic) bond motifs is 1. The Hall–Kier alpha value is -1.55. The van der Waals surface area contributed by atoms with Crippen LogP contribution < -0.4 is 10.5 Å². The van der Waals surface area contributed by atoms with Crippen LogP contribution in [0.3, 0.4) is 0 Å². The van der Waals surface area contributed by atoms with Crippen molar-refractivity contribution in [3.63, 3.8) is 0 Å². The summed E-state index contributed by atoms with van der Waals surface area (Å²) < 4.78 is 7.51. The van der Waals surface area contributed by atoms with Gasteiger partial charge in [0.15, 0.2) is 5.88 Å². The molecule has 0 saturated heterocycles. The van der Waals surface area contributed by atoms with E-state index in [1.165, 1.54) is 6.42 Å². The fourth-order valence-corrected chi connectivity index (χ4v) is 2.67. The van der Waals surface area contributed by atoms with Gasteiger partial charge in [0.25, 0.3) is 0 Å². The summed E-state index contributed by atoms with van der Waals surface area (Å²) in [7, 11) is 1.69. The van der Waals surface area contributed by atoms with E-state index in [4.69, 9.17) is 10.5 Å². The highest BCUT2D eigenvalue weighted by molar-refractivity contribution is 5.50. The number of ether oxygens (including phenoxy) is 1. The van der Waals surface area contributed by atoms with Gasteiger partial charge in [-0.1, -0.05) is 12.5 Å². The first-order chi connectivity index (χ1) is 8.30. The smallest absolute Gasteiger partial charge is 0.199 e. The molecule has 0 amide bonds. The monoisotopic (exact) mass is 231 g/mol. The predicted molar refractivity (Wildman–Crippen MR) is 66.3 cm³/mol. The average molecular weight is 231 g/mol. The Morgan fingerprint density at radius 1 is 1.47 bits per heavy atom. The van der Waals surface area contributed by atoms with Crippen LogP contribution in [0, 0.1) is 0 Å². The van der Waals surface area contributed by atoms with Crippen molar-refractivity contribution >= 4 is 5.52 Å². The fourth-order valence-electron chi connectivity index (χ4n) is 2.67. The zero-order valence-electron chi connectivity index (χ0n) is 10.0. The predicted octanol–water partition coefficient (Wildman–Crippen LogP) is 1.72. The van der Waals surface area contributed by atoms with E-state index in [0.29, 0.717) is 6.54 Å². The minimum absolute atomic E-state index is 0.0566. The Kier molecular flexibility index (Phi) is 2.33. The van der Waals surface area contributed by atoms with E-state index in [-0.39, 0.29) is 5.41 Å². The molecular formula is C13H17N3O. The normalized spacial score (nSPS) is 18.0. The molecule has 0 atom stereocenters. The molecule has 0 aliphatic heterocycles. The van der Waals surface area contributed by atoms with Crippen LogP contribution in [0.2, 0.25) is 0 Å². The van der Waals surface area contributed by atoms with Gasteiger partial charge in [-0.15, -0.1) is 0 Å². The summed E-state index contributed by atoms with van der Waals surface area (Å²) in [5.41, 5.74) is 7.07. The third kappa shape index (κ3) is 1.37. The third-order valence-electron chi connectivity index (χ3n) is 3.90. The van der Waals surface area contributed by atoms with Crippen LogP contribution in [0.15, 0.2) is 24.4 Å². The van der Waals surface area contributed by atoms with E-state index in [1.807, 2.05) is 24.4 Å². The van der Waals surface area contributed by atoms with Crippen molar-refractivity contribution in [3.8, 4) is 5.88 Å². The van der Waals surface area contributed by atoms with Gasteiger partial charge in [-0.05, 0) is 25.0 Å². The van der Waals surface area contributed by atoms with E-state index < -0.39 is 0 Å². The highest BCUT2D eigenvalue weighted by Crippen LogP contribution is 2.43. The Balaban J connectivity index is 2.23. The van der Waals surface area contributed by atoms with Gasteiger partial charge in [0.1, 0.15) is 5.82 Å². The maximum atomic E-state index is 5.95. The van der Waals surface area contributed by atoms with Crippen LogP contribution in [0.5, 0.6) is 5.88 Å². The van der Waals surface area contributed by atoms with Gasteiger partial charge in [-0.25, -0.2) is 4.98 Å². The van der Waals surface area contributed by atoms with Crippen LogP contribution in [0.25, 0.3) is 5.52 Å². The van der Waals surface area contributed by atoms with E-state index in [0.717, 1.165) is 30.1 Å². The molecule has 1 aliphatic rings. The summed E-state index contributed by atoms with van der Waals surface area (Å²) in [5, 5.41) is 0. The molecule has 4 heteroatoms. The highest BCUT2D eigenvalue weighted by atomic mass is 16.5. The first kappa shape index (κ1) is 10.6. The van der Waals surface area contributed by atoms with Gasteiger partial charge in [-0.3, -0.25) is 4.40 Å². The quantitative estimate of drug-likeness (QED) is 0.875.